The second-order valence-corrected chi connectivity index (χ2v) is 7.80. The number of aromatic nitrogens is 3. The summed E-state index contributed by atoms with van der Waals surface area (Å²) in [6.45, 7) is 4.57. The van der Waals surface area contributed by atoms with Gasteiger partial charge in [0.1, 0.15) is 5.56 Å². The zero-order valence-electron chi connectivity index (χ0n) is 16.7. The first-order chi connectivity index (χ1) is 14.5. The van der Waals surface area contributed by atoms with Crippen molar-refractivity contribution in [3.63, 3.8) is 0 Å². The third-order valence-electron chi connectivity index (χ3n) is 6.02. The topological polar surface area (TPSA) is 103 Å². The van der Waals surface area contributed by atoms with Gasteiger partial charge in [0.05, 0.1) is 11.7 Å². The number of nitrogens with one attached hydrogen (secondary N) is 3. The van der Waals surface area contributed by atoms with Gasteiger partial charge in [-0.25, -0.2) is 9.36 Å². The van der Waals surface area contributed by atoms with Crippen LogP contribution >= 0.6 is 0 Å². The van der Waals surface area contributed by atoms with Gasteiger partial charge in [-0.1, -0.05) is 24.3 Å². The zero-order valence-corrected chi connectivity index (χ0v) is 16.7. The largest absolute Gasteiger partial charge is 0.494 e. The number of para-hydroxylation sites is 1. The van der Waals surface area contributed by atoms with Crippen LogP contribution in [0.1, 0.15) is 34.0 Å². The monoisotopic (exact) mass is 402 g/mol. The van der Waals surface area contributed by atoms with Crippen LogP contribution in [0.3, 0.4) is 0 Å². The Morgan fingerprint density at radius 3 is 2.63 bits per heavy atom. The minimum atomic E-state index is -0.669. The molecule has 0 unspecified atom stereocenters. The van der Waals surface area contributed by atoms with Gasteiger partial charge < -0.3 is 15.4 Å². The second kappa shape index (κ2) is 6.74. The lowest BCUT2D eigenvalue weighted by atomic mass is 9.95. The molecule has 4 N–H and O–H groups in total. The third-order valence-corrected chi connectivity index (χ3v) is 6.02. The van der Waals surface area contributed by atoms with Crippen LogP contribution < -0.4 is 16.6 Å². The van der Waals surface area contributed by atoms with Crippen molar-refractivity contribution in [1.82, 2.24) is 19.9 Å². The maximum atomic E-state index is 12.8. The molecule has 3 heterocycles. The van der Waals surface area contributed by atoms with Gasteiger partial charge in [0.15, 0.2) is 0 Å². The van der Waals surface area contributed by atoms with Crippen LogP contribution in [0.5, 0.6) is 5.88 Å². The van der Waals surface area contributed by atoms with E-state index in [0.717, 1.165) is 44.3 Å². The number of H-pyrrole nitrogens is 2. The van der Waals surface area contributed by atoms with Crippen molar-refractivity contribution < 1.29 is 5.11 Å². The van der Waals surface area contributed by atoms with E-state index < -0.39 is 17.3 Å². The fourth-order valence-electron chi connectivity index (χ4n) is 4.33. The summed E-state index contributed by atoms with van der Waals surface area (Å²) in [7, 11) is 0. The van der Waals surface area contributed by atoms with E-state index in [4.69, 9.17) is 0 Å². The number of aromatic amines is 2. The highest BCUT2D eigenvalue weighted by Gasteiger charge is 2.31. The van der Waals surface area contributed by atoms with Gasteiger partial charge in [-0.3, -0.25) is 9.78 Å². The van der Waals surface area contributed by atoms with Crippen molar-refractivity contribution in [3.05, 3.63) is 91.3 Å². The summed E-state index contributed by atoms with van der Waals surface area (Å²) in [6.07, 6.45) is 0.811. The summed E-state index contributed by atoms with van der Waals surface area (Å²) in [5.41, 5.74) is 4.37. The minimum Gasteiger partial charge on any atom is -0.494 e. The Bertz CT molecular complexity index is 1410. The van der Waals surface area contributed by atoms with Crippen LogP contribution in [0, 0.1) is 13.8 Å². The molecule has 1 aliphatic heterocycles. The number of rotatable bonds is 2. The summed E-state index contributed by atoms with van der Waals surface area (Å²) in [6, 6.07) is 12.9. The molecular formula is C23H22N4O3. The van der Waals surface area contributed by atoms with E-state index in [1.165, 1.54) is 0 Å². The molecule has 0 bridgehead atoms. The quantitative estimate of drug-likeness (QED) is 0.414. The molecule has 152 valence electrons. The van der Waals surface area contributed by atoms with Gasteiger partial charge in [0, 0.05) is 23.1 Å². The number of nitrogens with zero attached hydrogens (tertiary/aromatic N) is 1. The normalized spacial score (nSPS) is 16.0. The summed E-state index contributed by atoms with van der Waals surface area (Å²) in [5.74, 6) is -0.351. The number of hydrogen-bond acceptors (Lipinski definition) is 4. The summed E-state index contributed by atoms with van der Waals surface area (Å²) >= 11 is 0. The minimum absolute atomic E-state index is 0.125. The Morgan fingerprint density at radius 1 is 1.03 bits per heavy atom. The molecule has 0 saturated heterocycles. The number of aromatic hydroxyl groups is 1. The van der Waals surface area contributed by atoms with E-state index in [0.29, 0.717) is 12.2 Å². The van der Waals surface area contributed by atoms with Crippen molar-refractivity contribution >= 4 is 10.9 Å². The molecule has 2 aromatic heterocycles. The maximum absolute atomic E-state index is 12.8. The summed E-state index contributed by atoms with van der Waals surface area (Å²) < 4.78 is 1.15. The lowest BCUT2D eigenvalue weighted by molar-refractivity contribution is 0.409. The predicted molar refractivity (Wildman–Crippen MR) is 116 cm³/mol. The molecule has 0 spiro atoms. The highest BCUT2D eigenvalue weighted by molar-refractivity contribution is 5.85. The Hall–Kier alpha value is -3.58. The Labute approximate surface area is 172 Å². The SMILES string of the molecule is Cc1ccc(-n2c(O)c([C@H]3NCCc4c3[nH]c3ccccc43)c(=O)[nH]c2=O)cc1C. The van der Waals surface area contributed by atoms with Crippen LogP contribution in [-0.2, 0) is 6.42 Å². The Kier molecular flexibility index (Phi) is 4.15. The zero-order chi connectivity index (χ0) is 21.0. The molecule has 0 amide bonds. The van der Waals surface area contributed by atoms with Crippen LogP contribution in [0.4, 0.5) is 0 Å². The van der Waals surface area contributed by atoms with Crippen LogP contribution in [-0.4, -0.2) is 26.2 Å². The van der Waals surface area contributed by atoms with Crippen molar-refractivity contribution in [1.29, 1.82) is 0 Å². The number of benzene rings is 2. The first-order valence-electron chi connectivity index (χ1n) is 9.94. The highest BCUT2D eigenvalue weighted by Crippen LogP contribution is 2.35. The molecular weight excluding hydrogens is 380 g/mol. The second-order valence-electron chi connectivity index (χ2n) is 7.80. The maximum Gasteiger partial charge on any atom is 0.335 e. The molecule has 0 radical (unpaired) electrons. The molecule has 7 heteroatoms. The molecule has 1 atom stereocenters. The van der Waals surface area contributed by atoms with Crippen molar-refractivity contribution in [2.75, 3.05) is 6.54 Å². The average molecular weight is 402 g/mol. The molecule has 7 nitrogen and oxygen atoms in total. The van der Waals surface area contributed by atoms with Crippen molar-refractivity contribution in [3.8, 4) is 11.6 Å². The van der Waals surface area contributed by atoms with Gasteiger partial charge in [-0.05, 0) is 55.2 Å². The molecule has 0 aliphatic carbocycles. The van der Waals surface area contributed by atoms with Gasteiger partial charge >= 0.3 is 5.69 Å². The average Bonchev–Trinajstić information content (AvgIpc) is 3.10. The smallest absolute Gasteiger partial charge is 0.335 e. The van der Waals surface area contributed by atoms with Gasteiger partial charge in [-0.2, -0.15) is 0 Å². The van der Waals surface area contributed by atoms with Crippen LogP contribution in [0.25, 0.3) is 16.6 Å². The van der Waals surface area contributed by atoms with Gasteiger partial charge in [0.2, 0.25) is 5.88 Å². The van der Waals surface area contributed by atoms with E-state index >= 15 is 0 Å². The van der Waals surface area contributed by atoms with Crippen molar-refractivity contribution in [2.45, 2.75) is 26.3 Å². The molecule has 1 aliphatic rings. The number of fused-ring (bicyclic) bond motifs is 3. The van der Waals surface area contributed by atoms with E-state index in [-0.39, 0.29) is 11.4 Å². The van der Waals surface area contributed by atoms with E-state index in [2.05, 4.69) is 15.3 Å². The standard InChI is InChI=1S/C23H22N4O3/c1-12-7-8-14(11-13(12)2)27-22(29)18(21(28)26-23(27)30)20-19-16(9-10-24-20)15-5-3-4-6-17(15)25-19/h3-8,11,20,24-25,29H,9-10H2,1-2H3,(H,26,28,30)/t20-/m1/s1. The summed E-state index contributed by atoms with van der Waals surface area (Å²) in [5, 5.41) is 15.5. The first kappa shape index (κ1) is 18.4. The molecule has 0 fully saturated rings. The fourth-order valence-corrected chi connectivity index (χ4v) is 4.33. The fraction of sp³-hybridized carbons (Fsp3) is 0.217. The molecule has 5 rings (SSSR count). The lowest BCUT2D eigenvalue weighted by Crippen LogP contribution is -2.38. The summed E-state index contributed by atoms with van der Waals surface area (Å²) in [4.78, 5) is 31.2. The third kappa shape index (κ3) is 2.70. The number of hydrogen-bond donors (Lipinski definition) is 4. The molecule has 4 aromatic rings. The van der Waals surface area contributed by atoms with E-state index in [1.807, 2.05) is 50.2 Å². The Balaban J connectivity index is 1.74. The molecule has 30 heavy (non-hydrogen) atoms. The Morgan fingerprint density at radius 2 is 1.83 bits per heavy atom. The first-order valence-corrected chi connectivity index (χ1v) is 9.94. The van der Waals surface area contributed by atoms with E-state index in [1.54, 1.807) is 6.07 Å². The lowest BCUT2D eigenvalue weighted by Gasteiger charge is -2.25. The van der Waals surface area contributed by atoms with Gasteiger partial charge in [-0.15, -0.1) is 0 Å². The predicted octanol–water partition coefficient (Wildman–Crippen LogP) is 2.56. The molecule has 2 aromatic carbocycles. The van der Waals surface area contributed by atoms with Crippen molar-refractivity contribution in [2.24, 2.45) is 0 Å². The van der Waals surface area contributed by atoms with Crippen LogP contribution in [0.2, 0.25) is 0 Å². The molecule has 0 saturated carbocycles. The number of aryl methyl sites for hydroxylation is 2. The highest BCUT2D eigenvalue weighted by atomic mass is 16.3. The van der Waals surface area contributed by atoms with Crippen LogP contribution in [0.15, 0.2) is 52.1 Å². The van der Waals surface area contributed by atoms with Gasteiger partial charge in [0.25, 0.3) is 5.56 Å². The van der Waals surface area contributed by atoms with E-state index in [9.17, 15) is 14.7 Å².